The van der Waals surface area contributed by atoms with Crippen molar-refractivity contribution in [3.63, 3.8) is 0 Å². The minimum Gasteiger partial charge on any atom is -0.504 e. The highest BCUT2D eigenvalue weighted by Crippen LogP contribution is 2.31. The number of benzene rings is 1. The lowest BCUT2D eigenvalue weighted by atomic mass is 10.1. The van der Waals surface area contributed by atoms with E-state index in [4.69, 9.17) is 10.5 Å². The normalized spacial score (nSPS) is 10.3. The van der Waals surface area contributed by atoms with Gasteiger partial charge in [0.05, 0.1) is 13.3 Å². The fraction of sp³-hybridized carbons (Fsp3) is 0.167. The van der Waals surface area contributed by atoms with Crippen molar-refractivity contribution in [3.05, 3.63) is 35.9 Å². The second-order valence-electron chi connectivity index (χ2n) is 3.46. The lowest BCUT2D eigenvalue weighted by Crippen LogP contribution is -2.24. The molecule has 2 amide bonds. The van der Waals surface area contributed by atoms with Crippen LogP contribution in [0.2, 0.25) is 0 Å². The summed E-state index contributed by atoms with van der Waals surface area (Å²) < 4.78 is 5.04. The first kappa shape index (κ1) is 13.6. The van der Waals surface area contributed by atoms with Crippen molar-refractivity contribution in [2.24, 2.45) is 10.8 Å². The first-order chi connectivity index (χ1) is 8.58. The third kappa shape index (κ3) is 3.51. The van der Waals surface area contributed by atoms with Gasteiger partial charge in [-0.1, -0.05) is 6.08 Å². The number of carbonyl (C=O) groups is 1. The van der Waals surface area contributed by atoms with Gasteiger partial charge in [0.15, 0.2) is 11.5 Å². The summed E-state index contributed by atoms with van der Waals surface area (Å²) >= 11 is 0. The second kappa shape index (κ2) is 6.29. The summed E-state index contributed by atoms with van der Waals surface area (Å²) in [6.07, 6.45) is 3.56. The number of hydrogen-bond donors (Lipinski definition) is 3. The summed E-state index contributed by atoms with van der Waals surface area (Å²) in [5.41, 5.74) is 8.27. The number of urea groups is 1. The molecule has 0 unspecified atom stereocenters. The van der Waals surface area contributed by atoms with E-state index in [0.717, 1.165) is 0 Å². The van der Waals surface area contributed by atoms with E-state index in [1.54, 1.807) is 18.2 Å². The largest absolute Gasteiger partial charge is 0.504 e. The number of hydrazone groups is 1. The average Bonchev–Trinajstić information content (AvgIpc) is 2.32. The predicted molar refractivity (Wildman–Crippen MR) is 68.9 cm³/mol. The second-order valence-corrected chi connectivity index (χ2v) is 3.46. The van der Waals surface area contributed by atoms with Gasteiger partial charge in [-0.15, -0.1) is 6.58 Å². The molecular formula is C12H15N3O3. The molecule has 1 aromatic rings. The van der Waals surface area contributed by atoms with E-state index in [9.17, 15) is 9.90 Å². The zero-order valence-corrected chi connectivity index (χ0v) is 10.0. The Kier molecular flexibility index (Phi) is 4.74. The van der Waals surface area contributed by atoms with Gasteiger partial charge in [-0.3, -0.25) is 0 Å². The standard InChI is InChI=1S/C12H15N3O3/c1-3-4-9-5-8(7-14-15-12(13)17)6-10(18-2)11(9)16/h3,5-7,16H,1,4H2,2H3,(H3,13,15,17)/b14-7-. The Morgan fingerprint density at radius 3 is 2.94 bits per heavy atom. The van der Waals surface area contributed by atoms with E-state index in [-0.39, 0.29) is 5.75 Å². The fourth-order valence-electron chi connectivity index (χ4n) is 1.40. The van der Waals surface area contributed by atoms with Crippen LogP contribution >= 0.6 is 0 Å². The molecule has 1 rings (SSSR count). The highest BCUT2D eigenvalue weighted by atomic mass is 16.5. The van der Waals surface area contributed by atoms with Crippen LogP contribution < -0.4 is 15.9 Å². The molecule has 4 N–H and O–H groups in total. The number of allylic oxidation sites excluding steroid dienone is 1. The third-order valence-electron chi connectivity index (χ3n) is 2.15. The molecule has 0 fully saturated rings. The zero-order chi connectivity index (χ0) is 13.5. The first-order valence-corrected chi connectivity index (χ1v) is 5.17. The van der Waals surface area contributed by atoms with Crippen LogP contribution in [0.15, 0.2) is 29.9 Å². The Hall–Kier alpha value is -2.50. The van der Waals surface area contributed by atoms with Crippen LogP contribution in [0.4, 0.5) is 4.79 Å². The number of nitrogens with one attached hydrogen (secondary N) is 1. The molecule has 0 saturated heterocycles. The van der Waals surface area contributed by atoms with Crippen LogP contribution in [0.3, 0.4) is 0 Å². The van der Waals surface area contributed by atoms with Gasteiger partial charge in [-0.05, 0) is 24.1 Å². The SMILES string of the molecule is C=CCc1cc(/C=N\NC(N)=O)cc(OC)c1O. The third-order valence-corrected chi connectivity index (χ3v) is 2.15. The summed E-state index contributed by atoms with van der Waals surface area (Å²) in [6.45, 7) is 3.61. The van der Waals surface area contributed by atoms with Gasteiger partial charge >= 0.3 is 6.03 Å². The molecular weight excluding hydrogens is 234 g/mol. The Balaban J connectivity index is 3.05. The summed E-state index contributed by atoms with van der Waals surface area (Å²) in [5.74, 6) is 0.396. The number of ether oxygens (including phenoxy) is 1. The van der Waals surface area contributed by atoms with Crippen molar-refractivity contribution >= 4 is 12.2 Å². The lowest BCUT2D eigenvalue weighted by molar-refractivity contribution is 0.249. The lowest BCUT2D eigenvalue weighted by Gasteiger charge is -2.09. The molecule has 6 nitrogen and oxygen atoms in total. The van der Waals surface area contributed by atoms with Gasteiger partial charge in [0, 0.05) is 5.56 Å². The van der Waals surface area contributed by atoms with Crippen LogP contribution in [0.25, 0.3) is 0 Å². The minimum absolute atomic E-state index is 0.0670. The Morgan fingerprint density at radius 1 is 1.67 bits per heavy atom. The monoisotopic (exact) mass is 249 g/mol. The molecule has 0 spiro atoms. The number of phenols is 1. The maximum Gasteiger partial charge on any atom is 0.332 e. The van der Waals surface area contributed by atoms with Crippen LogP contribution in [0.1, 0.15) is 11.1 Å². The van der Waals surface area contributed by atoms with Gasteiger partial charge in [-0.25, -0.2) is 10.2 Å². The van der Waals surface area contributed by atoms with Crippen molar-refractivity contribution in [3.8, 4) is 11.5 Å². The van der Waals surface area contributed by atoms with Crippen LogP contribution in [-0.4, -0.2) is 24.5 Å². The molecule has 6 heteroatoms. The quantitative estimate of drug-likeness (QED) is 0.414. The fourth-order valence-corrected chi connectivity index (χ4v) is 1.40. The van der Waals surface area contributed by atoms with E-state index in [1.807, 2.05) is 0 Å². The summed E-state index contributed by atoms with van der Waals surface area (Å²) in [4.78, 5) is 10.5. The van der Waals surface area contributed by atoms with E-state index in [0.29, 0.717) is 23.3 Å². The number of methoxy groups -OCH3 is 1. The van der Waals surface area contributed by atoms with E-state index >= 15 is 0 Å². The highest BCUT2D eigenvalue weighted by Gasteiger charge is 2.08. The van der Waals surface area contributed by atoms with Crippen molar-refractivity contribution in [2.45, 2.75) is 6.42 Å². The van der Waals surface area contributed by atoms with E-state index in [2.05, 4.69) is 17.1 Å². The zero-order valence-electron chi connectivity index (χ0n) is 10.0. The number of amides is 2. The minimum atomic E-state index is -0.747. The number of phenolic OH excluding ortho intramolecular Hbond substituents is 1. The number of nitrogens with two attached hydrogens (primary N) is 1. The number of rotatable bonds is 5. The van der Waals surface area contributed by atoms with Gasteiger partial charge in [0.25, 0.3) is 0 Å². The van der Waals surface area contributed by atoms with Crippen LogP contribution in [0.5, 0.6) is 11.5 Å². The van der Waals surface area contributed by atoms with Crippen molar-refractivity contribution < 1.29 is 14.6 Å². The van der Waals surface area contributed by atoms with E-state index < -0.39 is 6.03 Å². The topological polar surface area (TPSA) is 96.9 Å². The number of primary amides is 1. The number of carbonyl (C=O) groups excluding carboxylic acids is 1. The van der Waals surface area contributed by atoms with Crippen LogP contribution in [0, 0.1) is 0 Å². The maximum absolute atomic E-state index is 10.5. The van der Waals surface area contributed by atoms with Gasteiger partial charge in [-0.2, -0.15) is 5.10 Å². The Labute approximate surface area is 105 Å². The maximum atomic E-state index is 10.5. The molecule has 0 aliphatic rings. The first-order valence-electron chi connectivity index (χ1n) is 5.17. The summed E-state index contributed by atoms with van der Waals surface area (Å²) in [5, 5.41) is 13.5. The molecule has 0 atom stereocenters. The van der Waals surface area contributed by atoms with Gasteiger partial charge in [0.2, 0.25) is 0 Å². The molecule has 0 radical (unpaired) electrons. The molecule has 0 saturated carbocycles. The van der Waals surface area contributed by atoms with Gasteiger partial charge in [0.1, 0.15) is 0 Å². The molecule has 96 valence electrons. The van der Waals surface area contributed by atoms with Crippen molar-refractivity contribution in [2.75, 3.05) is 7.11 Å². The summed E-state index contributed by atoms with van der Waals surface area (Å²) in [6, 6.07) is 2.56. The molecule has 0 heterocycles. The Bertz CT molecular complexity index is 484. The molecule has 0 bridgehead atoms. The molecule has 18 heavy (non-hydrogen) atoms. The van der Waals surface area contributed by atoms with Crippen molar-refractivity contribution in [1.29, 1.82) is 0 Å². The number of hydrogen-bond acceptors (Lipinski definition) is 4. The highest BCUT2D eigenvalue weighted by molar-refractivity contribution is 5.83. The molecule has 0 aromatic heterocycles. The summed E-state index contributed by atoms with van der Waals surface area (Å²) in [7, 11) is 1.45. The molecule has 1 aromatic carbocycles. The average molecular weight is 249 g/mol. The van der Waals surface area contributed by atoms with Gasteiger partial charge < -0.3 is 15.6 Å². The number of nitrogens with zero attached hydrogens (tertiary/aromatic N) is 1. The smallest absolute Gasteiger partial charge is 0.332 e. The predicted octanol–water partition coefficient (Wildman–Crippen LogP) is 1.13. The van der Waals surface area contributed by atoms with E-state index in [1.165, 1.54) is 13.3 Å². The number of aromatic hydroxyl groups is 1. The molecule has 0 aliphatic carbocycles. The Morgan fingerprint density at radius 2 is 2.39 bits per heavy atom. The van der Waals surface area contributed by atoms with Crippen LogP contribution in [-0.2, 0) is 6.42 Å². The van der Waals surface area contributed by atoms with Crippen molar-refractivity contribution in [1.82, 2.24) is 5.43 Å². The molecule has 0 aliphatic heterocycles.